The van der Waals surface area contributed by atoms with Crippen molar-refractivity contribution >= 4 is 31.1 Å². The number of alkyl halides is 1. The molecule has 1 fully saturated rings. The highest BCUT2D eigenvalue weighted by atomic mass is 31.1. The van der Waals surface area contributed by atoms with Crippen LogP contribution in [0.3, 0.4) is 0 Å². The van der Waals surface area contributed by atoms with Crippen LogP contribution in [0, 0.1) is 0 Å². The highest BCUT2D eigenvalue weighted by Gasteiger charge is 2.48. The van der Waals surface area contributed by atoms with Crippen LogP contribution in [-0.4, -0.2) is 60.4 Å². The number of hydrogen-bond acceptors (Lipinski definition) is 8. The number of amides is 1. The Kier molecular flexibility index (Phi) is 5.84. The average molecular weight is 437 g/mol. The third kappa shape index (κ3) is 3.83. The van der Waals surface area contributed by atoms with Gasteiger partial charge in [0.2, 0.25) is 0 Å². The van der Waals surface area contributed by atoms with Crippen molar-refractivity contribution in [3.63, 3.8) is 0 Å². The Bertz CT molecular complexity index is 1080. The molecule has 0 aliphatic carbocycles. The number of aliphatic hydroxyl groups excluding tert-OH is 1. The topological polar surface area (TPSA) is 149 Å². The van der Waals surface area contributed by atoms with Crippen LogP contribution in [-0.2, 0) is 13.8 Å². The first kappa shape index (κ1) is 20.5. The van der Waals surface area contributed by atoms with Crippen LogP contribution in [0.2, 0.25) is 0 Å². The van der Waals surface area contributed by atoms with E-state index in [-0.39, 0.29) is 17.0 Å². The summed E-state index contributed by atoms with van der Waals surface area (Å²) in [6, 6.07) is 8.48. The first-order chi connectivity index (χ1) is 14.5. The van der Waals surface area contributed by atoms with Gasteiger partial charge in [0.25, 0.3) is 5.91 Å². The molecule has 1 saturated heterocycles. The van der Waals surface area contributed by atoms with E-state index in [2.05, 4.69) is 20.3 Å². The minimum absolute atomic E-state index is 0.118. The van der Waals surface area contributed by atoms with E-state index in [0.29, 0.717) is 5.56 Å². The number of aromatic nitrogens is 4. The Balaban J connectivity index is 1.63. The SMILES string of the molecule is O=C(Nc1ncnc2c1ncn2C1OC(CO)C(O[PH](=O)O)C1F)c1ccccc1. The second-order valence-electron chi connectivity index (χ2n) is 6.41. The molecule has 1 aliphatic rings. The van der Waals surface area contributed by atoms with Crippen LogP contribution in [0.4, 0.5) is 10.2 Å². The van der Waals surface area contributed by atoms with Crippen molar-refractivity contribution in [2.75, 3.05) is 11.9 Å². The van der Waals surface area contributed by atoms with Crippen LogP contribution >= 0.6 is 8.25 Å². The van der Waals surface area contributed by atoms with Crippen LogP contribution in [0.15, 0.2) is 43.0 Å². The number of aliphatic hydroxyl groups is 1. The number of halogens is 1. The molecule has 1 aliphatic heterocycles. The third-order valence-corrected chi connectivity index (χ3v) is 5.06. The van der Waals surface area contributed by atoms with Crippen LogP contribution in [0.5, 0.6) is 0 Å². The highest BCUT2D eigenvalue weighted by Crippen LogP contribution is 2.38. The van der Waals surface area contributed by atoms with Gasteiger partial charge in [-0.05, 0) is 12.1 Å². The lowest BCUT2D eigenvalue weighted by molar-refractivity contribution is -0.0436. The van der Waals surface area contributed by atoms with Crippen molar-refractivity contribution in [2.45, 2.75) is 24.6 Å². The molecule has 30 heavy (non-hydrogen) atoms. The molecule has 0 saturated carbocycles. The molecule has 3 aromatic rings. The number of carbonyl (C=O) groups is 1. The monoisotopic (exact) mass is 437 g/mol. The van der Waals surface area contributed by atoms with E-state index >= 15 is 0 Å². The minimum atomic E-state index is -3.45. The summed E-state index contributed by atoms with van der Waals surface area (Å²) in [6.45, 7) is -0.614. The zero-order valence-electron chi connectivity index (χ0n) is 15.3. The second-order valence-corrected chi connectivity index (χ2v) is 7.17. The van der Waals surface area contributed by atoms with Gasteiger partial charge in [0, 0.05) is 5.56 Å². The number of hydrogen-bond donors (Lipinski definition) is 3. The molecule has 5 atom stereocenters. The van der Waals surface area contributed by atoms with Gasteiger partial charge >= 0.3 is 8.25 Å². The van der Waals surface area contributed by atoms with Crippen LogP contribution in [0.25, 0.3) is 11.2 Å². The van der Waals surface area contributed by atoms with Crippen molar-refractivity contribution in [1.29, 1.82) is 0 Å². The maximum absolute atomic E-state index is 14.9. The Labute approximate surface area is 169 Å². The van der Waals surface area contributed by atoms with E-state index in [1.54, 1.807) is 30.3 Å². The number of imidazole rings is 1. The van der Waals surface area contributed by atoms with Gasteiger partial charge in [-0.2, -0.15) is 0 Å². The summed E-state index contributed by atoms with van der Waals surface area (Å²) in [7, 11) is -3.45. The van der Waals surface area contributed by atoms with E-state index in [0.717, 1.165) is 0 Å². The van der Waals surface area contributed by atoms with Crippen molar-refractivity contribution in [3.8, 4) is 0 Å². The standard InChI is InChI=1S/C17H17FN5O6P/c18-11-13(29-30(26)27)10(6-24)28-17(11)23-8-21-12-14(19-7-20-15(12)23)22-16(25)9-4-2-1-3-5-9/h1-5,7-8,10-11,13,17,24,30H,6H2,(H,26,27)(H,19,20,22,25). The molecule has 1 amide bonds. The van der Waals surface area contributed by atoms with E-state index in [9.17, 15) is 18.9 Å². The molecule has 158 valence electrons. The van der Waals surface area contributed by atoms with Gasteiger partial charge in [-0.1, -0.05) is 18.2 Å². The molecule has 13 heteroatoms. The van der Waals surface area contributed by atoms with Gasteiger partial charge in [-0.15, -0.1) is 0 Å². The molecule has 11 nitrogen and oxygen atoms in total. The lowest BCUT2D eigenvalue weighted by atomic mass is 10.1. The van der Waals surface area contributed by atoms with Gasteiger partial charge in [-0.25, -0.2) is 19.3 Å². The van der Waals surface area contributed by atoms with E-state index < -0.39 is 45.4 Å². The molecular weight excluding hydrogens is 420 g/mol. The second kappa shape index (κ2) is 8.54. The smallest absolute Gasteiger partial charge is 0.317 e. The number of nitrogens with zero attached hydrogens (tertiary/aromatic N) is 4. The van der Waals surface area contributed by atoms with Gasteiger partial charge in [0.05, 0.1) is 12.9 Å². The molecule has 0 bridgehead atoms. The predicted molar refractivity (Wildman–Crippen MR) is 102 cm³/mol. The largest absolute Gasteiger partial charge is 0.394 e. The molecule has 0 radical (unpaired) electrons. The summed E-state index contributed by atoms with van der Waals surface area (Å²) in [5, 5.41) is 12.0. The number of anilines is 1. The number of fused-ring (bicyclic) bond motifs is 1. The maximum Gasteiger partial charge on any atom is 0.317 e. The van der Waals surface area contributed by atoms with Crippen LogP contribution < -0.4 is 5.32 Å². The summed E-state index contributed by atoms with van der Waals surface area (Å²) >= 11 is 0. The molecule has 3 heterocycles. The normalized spacial score (nSPS) is 24.8. The fourth-order valence-corrected chi connectivity index (χ4v) is 3.74. The zero-order chi connectivity index (χ0) is 21.3. The number of rotatable bonds is 6. The van der Waals surface area contributed by atoms with Gasteiger partial charge in [0.1, 0.15) is 18.5 Å². The van der Waals surface area contributed by atoms with E-state index in [4.69, 9.17) is 14.2 Å². The summed E-state index contributed by atoms with van der Waals surface area (Å²) in [6.07, 6.45) is -3.36. The molecular formula is C17H17FN5O6P. The Hall–Kier alpha value is -2.76. The fraction of sp³-hybridized carbons (Fsp3) is 0.294. The molecule has 3 N–H and O–H groups in total. The maximum atomic E-state index is 14.9. The minimum Gasteiger partial charge on any atom is -0.394 e. The number of nitrogens with one attached hydrogen (secondary N) is 1. The summed E-state index contributed by atoms with van der Waals surface area (Å²) in [5.41, 5.74) is 0.768. The molecule has 5 unspecified atom stereocenters. The Morgan fingerprint density at radius 3 is 2.77 bits per heavy atom. The summed E-state index contributed by atoms with van der Waals surface area (Å²) in [4.78, 5) is 33.7. The Morgan fingerprint density at radius 2 is 2.07 bits per heavy atom. The number of carbonyl (C=O) groups excluding carboxylic acids is 1. The van der Waals surface area contributed by atoms with E-state index in [1.165, 1.54) is 17.2 Å². The molecule has 0 spiro atoms. The average Bonchev–Trinajstić information content (AvgIpc) is 3.30. The van der Waals surface area contributed by atoms with Crippen LogP contribution in [0.1, 0.15) is 16.6 Å². The first-order valence-corrected chi connectivity index (χ1v) is 10.1. The number of ether oxygens (including phenoxy) is 1. The predicted octanol–water partition coefficient (Wildman–Crippen LogP) is 1.07. The van der Waals surface area contributed by atoms with Crippen molar-refractivity contribution < 1.29 is 33.0 Å². The fourth-order valence-electron chi connectivity index (χ4n) is 3.22. The third-order valence-electron chi connectivity index (χ3n) is 4.58. The zero-order valence-corrected chi connectivity index (χ0v) is 16.3. The van der Waals surface area contributed by atoms with Crippen molar-refractivity contribution in [3.05, 3.63) is 48.5 Å². The highest BCUT2D eigenvalue weighted by molar-refractivity contribution is 7.32. The Morgan fingerprint density at radius 1 is 1.30 bits per heavy atom. The van der Waals surface area contributed by atoms with Gasteiger partial charge in [0.15, 0.2) is 29.4 Å². The molecule has 2 aromatic heterocycles. The first-order valence-electron chi connectivity index (χ1n) is 8.83. The van der Waals surface area contributed by atoms with Gasteiger partial charge < -0.3 is 24.6 Å². The summed E-state index contributed by atoms with van der Waals surface area (Å²) < 4.78 is 37.4. The summed E-state index contributed by atoms with van der Waals surface area (Å²) in [5.74, 6) is -0.291. The lowest BCUT2D eigenvalue weighted by Gasteiger charge is -2.16. The lowest BCUT2D eigenvalue weighted by Crippen LogP contribution is -2.32. The van der Waals surface area contributed by atoms with Crippen molar-refractivity contribution in [1.82, 2.24) is 19.5 Å². The molecule has 4 rings (SSSR count). The van der Waals surface area contributed by atoms with E-state index in [1.807, 2.05) is 0 Å². The quantitative estimate of drug-likeness (QED) is 0.482. The molecule has 1 aromatic carbocycles. The van der Waals surface area contributed by atoms with Gasteiger partial charge in [-0.3, -0.25) is 13.9 Å². The van der Waals surface area contributed by atoms with Crippen molar-refractivity contribution in [2.24, 2.45) is 0 Å². The number of benzene rings is 1.